The Hall–Kier alpha value is -2.69. The Labute approximate surface area is 187 Å². The SMILES string of the molecule is CN1CCC(N2CCN(CCCn3c4c(n[n+]3[O-])C(=O)c3cccnc3C4=O)CC2)CC1. The molecule has 170 valence electrons. The number of piperazine rings is 1. The van der Waals surface area contributed by atoms with Gasteiger partial charge < -0.3 is 15.0 Å². The molecule has 3 aliphatic rings. The van der Waals surface area contributed by atoms with Gasteiger partial charge in [-0.05, 0) is 51.5 Å². The summed E-state index contributed by atoms with van der Waals surface area (Å²) in [6.07, 6.45) is 4.68. The Morgan fingerprint density at radius 3 is 2.53 bits per heavy atom. The van der Waals surface area contributed by atoms with Gasteiger partial charge in [0, 0.05) is 55.0 Å². The maximum atomic E-state index is 12.9. The van der Waals surface area contributed by atoms with Gasteiger partial charge in [0.05, 0.1) is 12.1 Å². The number of piperidine rings is 1. The first-order valence-corrected chi connectivity index (χ1v) is 11.4. The first-order chi connectivity index (χ1) is 15.5. The van der Waals surface area contributed by atoms with Crippen LogP contribution in [0, 0.1) is 5.21 Å². The lowest BCUT2D eigenvalue weighted by Gasteiger charge is -2.42. The lowest BCUT2D eigenvalue weighted by atomic mass is 9.94. The molecule has 2 fully saturated rings. The van der Waals surface area contributed by atoms with E-state index in [0.717, 1.165) is 32.7 Å². The van der Waals surface area contributed by atoms with Crippen LogP contribution >= 0.6 is 0 Å². The maximum Gasteiger partial charge on any atom is 0.236 e. The molecule has 0 spiro atoms. The molecule has 4 heterocycles. The molecule has 0 N–H and O–H groups in total. The highest BCUT2D eigenvalue weighted by Gasteiger charge is 2.40. The molecule has 2 aliphatic heterocycles. The van der Waals surface area contributed by atoms with Gasteiger partial charge >= 0.3 is 0 Å². The van der Waals surface area contributed by atoms with Crippen LogP contribution in [0.25, 0.3) is 0 Å². The topological polar surface area (TPSA) is 102 Å². The zero-order valence-corrected chi connectivity index (χ0v) is 18.4. The second-order valence-electron chi connectivity index (χ2n) is 9.00. The van der Waals surface area contributed by atoms with Crippen LogP contribution in [-0.4, -0.2) is 99.9 Å². The molecular formula is C22H29N7O3. The van der Waals surface area contributed by atoms with E-state index in [0.29, 0.717) is 24.0 Å². The van der Waals surface area contributed by atoms with Crippen LogP contribution in [0.3, 0.4) is 0 Å². The fourth-order valence-electron chi connectivity index (χ4n) is 5.14. The van der Waals surface area contributed by atoms with Crippen molar-refractivity contribution in [1.29, 1.82) is 0 Å². The predicted octanol–water partition coefficient (Wildman–Crippen LogP) is -0.211. The molecule has 0 aromatic carbocycles. The third-order valence-electron chi connectivity index (χ3n) is 7.03. The van der Waals surface area contributed by atoms with Crippen molar-refractivity contribution in [2.75, 3.05) is 52.9 Å². The lowest BCUT2D eigenvalue weighted by molar-refractivity contribution is -0.749. The summed E-state index contributed by atoms with van der Waals surface area (Å²) in [4.78, 5) is 37.5. The number of pyridine rings is 1. The van der Waals surface area contributed by atoms with Gasteiger partial charge in [0.2, 0.25) is 17.3 Å². The summed E-state index contributed by atoms with van der Waals surface area (Å²) >= 11 is 0. The van der Waals surface area contributed by atoms with Crippen LogP contribution in [0.1, 0.15) is 51.5 Å². The molecule has 0 atom stereocenters. The third kappa shape index (κ3) is 3.82. The number of aromatic nitrogens is 4. The van der Waals surface area contributed by atoms with E-state index < -0.39 is 11.6 Å². The molecule has 0 unspecified atom stereocenters. The zero-order valence-electron chi connectivity index (χ0n) is 18.4. The Morgan fingerprint density at radius 1 is 1.03 bits per heavy atom. The summed E-state index contributed by atoms with van der Waals surface area (Å²) in [5.74, 6) is -0.833. The summed E-state index contributed by atoms with van der Waals surface area (Å²) in [5, 5.41) is 16.2. The third-order valence-corrected chi connectivity index (χ3v) is 7.03. The van der Waals surface area contributed by atoms with Crippen LogP contribution in [-0.2, 0) is 6.54 Å². The minimum atomic E-state index is -0.420. The number of hydrogen-bond acceptors (Lipinski definition) is 8. The van der Waals surface area contributed by atoms with Crippen molar-refractivity contribution >= 4 is 11.6 Å². The second kappa shape index (κ2) is 8.68. The number of hydrogen-bond donors (Lipinski definition) is 0. The molecule has 1 aliphatic carbocycles. The number of fused-ring (bicyclic) bond motifs is 2. The number of likely N-dealkylation sites (tertiary alicyclic amines) is 1. The Balaban J connectivity index is 1.18. The van der Waals surface area contributed by atoms with Gasteiger partial charge in [-0.1, -0.05) is 0 Å². The van der Waals surface area contributed by atoms with Crippen LogP contribution < -0.4 is 4.96 Å². The molecular weight excluding hydrogens is 410 g/mol. The number of nitrogens with zero attached hydrogens (tertiary/aromatic N) is 7. The summed E-state index contributed by atoms with van der Waals surface area (Å²) in [7, 11) is 2.19. The average molecular weight is 440 g/mol. The second-order valence-corrected chi connectivity index (χ2v) is 9.00. The number of ketones is 2. The van der Waals surface area contributed by atoms with E-state index in [1.165, 1.54) is 36.8 Å². The van der Waals surface area contributed by atoms with E-state index >= 15 is 0 Å². The summed E-state index contributed by atoms with van der Waals surface area (Å²) < 4.78 is 1.28. The lowest BCUT2D eigenvalue weighted by Crippen LogP contribution is -2.53. The van der Waals surface area contributed by atoms with E-state index in [9.17, 15) is 14.8 Å². The molecule has 10 heteroatoms. The standard InChI is InChI=1S/C22H29N7O3/c1-25-10-5-16(6-11-25)27-14-12-26(13-15-27)8-3-9-28-20-19(24-29(28)32)21(30)17-4-2-7-23-18(17)22(20)31/h2,4,7,16H,3,5-6,8-15H2,1H3. The van der Waals surface area contributed by atoms with E-state index in [4.69, 9.17) is 0 Å². The van der Waals surface area contributed by atoms with Crippen molar-refractivity contribution < 1.29 is 14.5 Å². The van der Waals surface area contributed by atoms with Crippen molar-refractivity contribution in [3.8, 4) is 0 Å². The van der Waals surface area contributed by atoms with E-state index in [-0.39, 0.29) is 22.6 Å². The number of rotatable bonds is 5. The van der Waals surface area contributed by atoms with Gasteiger partial charge in [0.15, 0.2) is 5.69 Å². The molecule has 2 aromatic heterocycles. The van der Waals surface area contributed by atoms with Crippen molar-refractivity contribution in [3.05, 3.63) is 46.2 Å². The minimum absolute atomic E-state index is 0.0586. The Morgan fingerprint density at radius 2 is 1.78 bits per heavy atom. The Bertz CT molecular complexity index is 1020. The van der Waals surface area contributed by atoms with Crippen molar-refractivity contribution in [2.45, 2.75) is 31.8 Å². The molecule has 32 heavy (non-hydrogen) atoms. The van der Waals surface area contributed by atoms with Gasteiger partial charge in [-0.3, -0.25) is 19.5 Å². The van der Waals surface area contributed by atoms with Crippen molar-refractivity contribution in [2.24, 2.45) is 0 Å². The molecule has 2 aromatic rings. The van der Waals surface area contributed by atoms with E-state index in [1.54, 1.807) is 12.1 Å². The quantitative estimate of drug-likeness (QED) is 0.398. The molecule has 0 bridgehead atoms. The van der Waals surface area contributed by atoms with Crippen LogP contribution in [0.15, 0.2) is 18.3 Å². The van der Waals surface area contributed by atoms with Gasteiger partial charge in [-0.25, -0.2) is 0 Å². The van der Waals surface area contributed by atoms with Gasteiger partial charge in [0.25, 0.3) is 0 Å². The summed E-state index contributed by atoms with van der Waals surface area (Å²) in [6, 6.07) is 3.85. The first-order valence-electron chi connectivity index (χ1n) is 11.4. The number of carbonyl (C=O) groups is 2. The highest BCUT2D eigenvalue weighted by Crippen LogP contribution is 2.24. The Kier molecular flexibility index (Phi) is 5.75. The van der Waals surface area contributed by atoms with Crippen LogP contribution in [0.2, 0.25) is 0 Å². The smallest absolute Gasteiger partial charge is 0.236 e. The molecule has 10 nitrogen and oxygen atoms in total. The first kappa shape index (κ1) is 21.2. The monoisotopic (exact) mass is 439 g/mol. The van der Waals surface area contributed by atoms with Crippen molar-refractivity contribution in [3.63, 3.8) is 0 Å². The fourth-order valence-corrected chi connectivity index (χ4v) is 5.14. The highest BCUT2D eigenvalue weighted by molar-refractivity contribution is 6.26. The largest absolute Gasteiger partial charge is 0.571 e. The van der Waals surface area contributed by atoms with Crippen LogP contribution in [0.4, 0.5) is 0 Å². The van der Waals surface area contributed by atoms with Gasteiger partial charge in [0.1, 0.15) is 5.69 Å². The van der Waals surface area contributed by atoms with E-state index in [1.807, 2.05) is 0 Å². The van der Waals surface area contributed by atoms with E-state index in [2.05, 4.69) is 31.8 Å². The summed E-state index contributed by atoms with van der Waals surface area (Å²) in [6.45, 7) is 7.71. The van der Waals surface area contributed by atoms with Crippen LogP contribution in [0.5, 0.6) is 0 Å². The molecule has 0 radical (unpaired) electrons. The predicted molar refractivity (Wildman–Crippen MR) is 115 cm³/mol. The maximum absolute atomic E-state index is 12.9. The molecule has 2 saturated heterocycles. The van der Waals surface area contributed by atoms with Gasteiger partial charge in [-0.15, -0.1) is 4.68 Å². The average Bonchev–Trinajstić information content (AvgIpc) is 3.15. The summed E-state index contributed by atoms with van der Waals surface area (Å²) in [5.41, 5.74) is 0.287. The molecule has 0 saturated carbocycles. The van der Waals surface area contributed by atoms with Gasteiger partial charge in [-0.2, -0.15) is 0 Å². The minimum Gasteiger partial charge on any atom is -0.571 e. The zero-order chi connectivity index (χ0) is 22.2. The highest BCUT2D eigenvalue weighted by atomic mass is 16.5. The normalized spacial score (nSPS) is 21.0. The number of carbonyl (C=O) groups excluding carboxylic acids is 2. The van der Waals surface area contributed by atoms with Crippen molar-refractivity contribution in [1.82, 2.24) is 29.5 Å². The fraction of sp³-hybridized carbons (Fsp3) is 0.591. The molecule has 0 amide bonds. The molecule has 5 rings (SSSR count).